The molecule has 1 unspecified atom stereocenters. The SMILES string of the molecule is CC1=NN(c2ccc(C)cc2)C(=O)C1/C(=N/NC(N)=S)c1ccc(C)cc1. The summed E-state index contributed by atoms with van der Waals surface area (Å²) in [5.74, 6) is -0.781. The Kier molecular flexibility index (Phi) is 5.32. The third-order valence-electron chi connectivity index (χ3n) is 4.32. The number of rotatable bonds is 4. The van der Waals surface area contributed by atoms with Crippen molar-refractivity contribution < 1.29 is 4.79 Å². The molecule has 3 rings (SSSR count). The van der Waals surface area contributed by atoms with Crippen LogP contribution in [0.4, 0.5) is 5.69 Å². The van der Waals surface area contributed by atoms with Crippen LogP contribution >= 0.6 is 12.2 Å². The minimum absolute atomic E-state index is 0.0371. The van der Waals surface area contributed by atoms with E-state index in [1.54, 1.807) is 0 Å². The molecule has 0 saturated carbocycles. The van der Waals surface area contributed by atoms with E-state index in [0.29, 0.717) is 11.4 Å². The van der Waals surface area contributed by atoms with Crippen molar-refractivity contribution in [1.82, 2.24) is 5.43 Å². The van der Waals surface area contributed by atoms with Crippen molar-refractivity contribution in [2.45, 2.75) is 20.8 Å². The van der Waals surface area contributed by atoms with Gasteiger partial charge >= 0.3 is 0 Å². The van der Waals surface area contributed by atoms with Gasteiger partial charge in [0, 0.05) is 0 Å². The summed E-state index contributed by atoms with van der Waals surface area (Å²) in [6.07, 6.45) is 0. The Labute approximate surface area is 163 Å². The Hall–Kier alpha value is -3.06. The molecule has 3 N–H and O–H groups in total. The summed E-state index contributed by atoms with van der Waals surface area (Å²) in [5.41, 5.74) is 13.1. The highest BCUT2D eigenvalue weighted by atomic mass is 32.1. The normalized spacial score (nSPS) is 17.1. The number of thiocarbonyl (C=S) groups is 1. The van der Waals surface area contributed by atoms with E-state index < -0.39 is 5.92 Å². The second-order valence-electron chi connectivity index (χ2n) is 6.50. The lowest BCUT2D eigenvalue weighted by molar-refractivity contribution is -0.118. The van der Waals surface area contributed by atoms with E-state index in [2.05, 4.69) is 15.6 Å². The maximum atomic E-state index is 13.2. The number of carbonyl (C=O) groups is 1. The van der Waals surface area contributed by atoms with Gasteiger partial charge in [-0.05, 0) is 50.7 Å². The number of benzene rings is 2. The summed E-state index contributed by atoms with van der Waals surface area (Å²) in [6, 6.07) is 15.4. The Bertz CT molecular complexity index is 932. The summed E-state index contributed by atoms with van der Waals surface area (Å²) in [6.45, 7) is 5.82. The standard InChI is InChI=1S/C20H21N5OS/c1-12-4-8-15(9-5-12)18(22-23-20(21)27)17-14(3)24-25(19(17)26)16-10-6-13(2)7-11-16/h4-11,17H,1-3H3,(H3,21,23,27)/b22-18+. The highest BCUT2D eigenvalue weighted by Gasteiger charge is 2.38. The molecule has 1 aliphatic rings. The summed E-state index contributed by atoms with van der Waals surface area (Å²) >= 11 is 4.86. The molecule has 7 heteroatoms. The molecule has 1 aliphatic heterocycles. The highest BCUT2D eigenvalue weighted by molar-refractivity contribution is 7.80. The number of nitrogens with two attached hydrogens (primary N) is 1. The molecule has 0 radical (unpaired) electrons. The fourth-order valence-electron chi connectivity index (χ4n) is 2.89. The smallest absolute Gasteiger partial charge is 0.262 e. The number of carbonyl (C=O) groups excluding carboxylic acids is 1. The van der Waals surface area contributed by atoms with E-state index in [1.165, 1.54) is 5.01 Å². The van der Waals surface area contributed by atoms with Crippen LogP contribution in [0.25, 0.3) is 0 Å². The molecule has 27 heavy (non-hydrogen) atoms. The maximum absolute atomic E-state index is 13.2. The van der Waals surface area contributed by atoms with Gasteiger partial charge in [-0.25, -0.2) is 0 Å². The number of hydrogen-bond acceptors (Lipinski definition) is 4. The van der Waals surface area contributed by atoms with Crippen LogP contribution in [0.1, 0.15) is 23.6 Å². The number of hydrazone groups is 2. The van der Waals surface area contributed by atoms with E-state index in [-0.39, 0.29) is 11.0 Å². The lowest BCUT2D eigenvalue weighted by Crippen LogP contribution is -2.35. The van der Waals surface area contributed by atoms with Crippen molar-refractivity contribution in [3.05, 3.63) is 65.2 Å². The van der Waals surface area contributed by atoms with E-state index in [9.17, 15) is 4.79 Å². The fourth-order valence-corrected chi connectivity index (χ4v) is 2.93. The molecule has 1 heterocycles. The second-order valence-corrected chi connectivity index (χ2v) is 6.94. The molecule has 2 aromatic rings. The second kappa shape index (κ2) is 7.67. The molecule has 0 bridgehead atoms. The van der Waals surface area contributed by atoms with Crippen molar-refractivity contribution in [2.24, 2.45) is 21.9 Å². The van der Waals surface area contributed by atoms with Crippen molar-refractivity contribution >= 4 is 40.3 Å². The first-order chi connectivity index (χ1) is 12.9. The first kappa shape index (κ1) is 18.7. The van der Waals surface area contributed by atoms with Crippen molar-refractivity contribution in [3.63, 3.8) is 0 Å². The van der Waals surface area contributed by atoms with Gasteiger partial charge in [0.25, 0.3) is 5.91 Å². The van der Waals surface area contributed by atoms with Crippen molar-refractivity contribution in [3.8, 4) is 0 Å². The summed E-state index contributed by atoms with van der Waals surface area (Å²) in [4.78, 5) is 13.2. The van der Waals surface area contributed by atoms with E-state index in [0.717, 1.165) is 22.4 Å². The Morgan fingerprint density at radius 3 is 2.19 bits per heavy atom. The predicted molar refractivity (Wildman–Crippen MR) is 113 cm³/mol. The van der Waals surface area contributed by atoms with Crippen LogP contribution in [0, 0.1) is 19.8 Å². The third kappa shape index (κ3) is 4.03. The Morgan fingerprint density at radius 2 is 1.63 bits per heavy atom. The van der Waals surface area contributed by atoms with Gasteiger partial charge in [-0.3, -0.25) is 10.2 Å². The fraction of sp³-hybridized carbons (Fsp3) is 0.200. The molecule has 2 aromatic carbocycles. The predicted octanol–water partition coefficient (Wildman–Crippen LogP) is 2.88. The first-order valence-corrected chi connectivity index (χ1v) is 8.93. The van der Waals surface area contributed by atoms with E-state index >= 15 is 0 Å². The van der Waals surface area contributed by atoms with Crippen molar-refractivity contribution in [1.29, 1.82) is 0 Å². The lowest BCUT2D eigenvalue weighted by Gasteiger charge is -2.17. The Morgan fingerprint density at radius 1 is 1.07 bits per heavy atom. The van der Waals surface area contributed by atoms with Gasteiger partial charge in [0.15, 0.2) is 5.11 Å². The van der Waals surface area contributed by atoms with Crippen LogP contribution < -0.4 is 16.2 Å². The Balaban J connectivity index is 1.99. The minimum Gasteiger partial charge on any atom is -0.375 e. The minimum atomic E-state index is -0.615. The molecule has 1 atom stereocenters. The van der Waals surface area contributed by atoms with Gasteiger partial charge in [0.2, 0.25) is 0 Å². The number of nitrogens with zero attached hydrogens (tertiary/aromatic N) is 3. The van der Waals surface area contributed by atoms with Crippen molar-refractivity contribution in [2.75, 3.05) is 5.01 Å². The monoisotopic (exact) mass is 379 g/mol. The zero-order valence-corrected chi connectivity index (χ0v) is 16.2. The summed E-state index contributed by atoms with van der Waals surface area (Å²) < 4.78 is 0. The van der Waals surface area contributed by atoms with E-state index in [1.807, 2.05) is 69.3 Å². The van der Waals surface area contributed by atoms with Crippen LogP contribution in [0.5, 0.6) is 0 Å². The quantitative estimate of drug-likeness (QED) is 0.486. The van der Waals surface area contributed by atoms with Gasteiger partial charge < -0.3 is 5.73 Å². The molecule has 0 aromatic heterocycles. The molecule has 0 saturated heterocycles. The number of anilines is 1. The van der Waals surface area contributed by atoms with Gasteiger partial charge in [-0.15, -0.1) is 0 Å². The number of hydrogen-bond donors (Lipinski definition) is 2. The molecule has 6 nitrogen and oxygen atoms in total. The van der Waals surface area contributed by atoms with Crippen LogP contribution in [0.2, 0.25) is 0 Å². The van der Waals surface area contributed by atoms with Gasteiger partial charge in [-0.1, -0.05) is 47.5 Å². The van der Waals surface area contributed by atoms with Gasteiger partial charge in [0.1, 0.15) is 5.92 Å². The summed E-state index contributed by atoms with van der Waals surface area (Å²) in [7, 11) is 0. The average Bonchev–Trinajstić information content (AvgIpc) is 2.92. The molecule has 1 amide bonds. The molecule has 0 fully saturated rings. The molecular weight excluding hydrogens is 358 g/mol. The van der Waals surface area contributed by atoms with Gasteiger partial charge in [-0.2, -0.15) is 15.2 Å². The number of nitrogens with one attached hydrogen (secondary N) is 1. The van der Waals surface area contributed by atoms with Gasteiger partial charge in [0.05, 0.1) is 17.1 Å². The van der Waals surface area contributed by atoms with Crippen LogP contribution in [-0.4, -0.2) is 22.4 Å². The largest absolute Gasteiger partial charge is 0.375 e. The van der Waals surface area contributed by atoms with Crippen LogP contribution in [-0.2, 0) is 4.79 Å². The first-order valence-electron chi connectivity index (χ1n) is 8.52. The van der Waals surface area contributed by atoms with E-state index in [4.69, 9.17) is 18.0 Å². The van der Waals surface area contributed by atoms with Crippen LogP contribution in [0.15, 0.2) is 58.7 Å². The average molecular weight is 379 g/mol. The number of amides is 1. The zero-order valence-electron chi connectivity index (χ0n) is 15.4. The van der Waals surface area contributed by atoms with Crippen LogP contribution in [0.3, 0.4) is 0 Å². The zero-order chi connectivity index (χ0) is 19.6. The lowest BCUT2D eigenvalue weighted by atomic mass is 9.92. The molecule has 138 valence electrons. The maximum Gasteiger partial charge on any atom is 0.262 e. The molecule has 0 spiro atoms. The molecule has 0 aliphatic carbocycles. The topological polar surface area (TPSA) is 83.1 Å². The number of aryl methyl sites for hydroxylation is 2. The highest BCUT2D eigenvalue weighted by Crippen LogP contribution is 2.27. The summed E-state index contributed by atoms with van der Waals surface area (Å²) in [5, 5.41) is 10.2. The third-order valence-corrected chi connectivity index (χ3v) is 4.41. The molecular formula is C20H21N5OS.